The second kappa shape index (κ2) is 7.25. The predicted octanol–water partition coefficient (Wildman–Crippen LogP) is 3.86. The number of aryl methyl sites for hydroxylation is 2. The van der Waals surface area contributed by atoms with Crippen LogP contribution >= 0.6 is 0 Å². The summed E-state index contributed by atoms with van der Waals surface area (Å²) in [6.45, 7) is 4.37. The fourth-order valence-electron chi connectivity index (χ4n) is 2.66. The van der Waals surface area contributed by atoms with E-state index < -0.39 is 6.10 Å². The first kappa shape index (κ1) is 14.8. The molecule has 0 aliphatic rings. The molecule has 1 atom stereocenters. The van der Waals surface area contributed by atoms with Crippen LogP contribution in [0.25, 0.3) is 0 Å². The van der Waals surface area contributed by atoms with Crippen molar-refractivity contribution in [3.8, 4) is 0 Å². The normalized spacial score (nSPS) is 12.6. The maximum Gasteiger partial charge on any atom is 0.0975 e. The SMILES string of the molecule is Cc1cccc(C)c1CCCCCC(O)c1c[nH]cn1. The van der Waals surface area contributed by atoms with Crippen molar-refractivity contribution in [2.24, 2.45) is 0 Å². The molecule has 0 saturated carbocycles. The van der Waals surface area contributed by atoms with E-state index in [1.165, 1.54) is 23.1 Å². The van der Waals surface area contributed by atoms with Gasteiger partial charge in [0.25, 0.3) is 0 Å². The average Bonchev–Trinajstić information content (AvgIpc) is 2.95. The second-order valence-electron chi connectivity index (χ2n) is 5.48. The lowest BCUT2D eigenvalue weighted by Crippen LogP contribution is -1.98. The highest BCUT2D eigenvalue weighted by molar-refractivity contribution is 5.33. The molecule has 0 aliphatic heterocycles. The molecule has 3 nitrogen and oxygen atoms in total. The van der Waals surface area contributed by atoms with Crippen molar-refractivity contribution in [1.82, 2.24) is 9.97 Å². The molecule has 20 heavy (non-hydrogen) atoms. The van der Waals surface area contributed by atoms with Crippen molar-refractivity contribution < 1.29 is 5.11 Å². The van der Waals surface area contributed by atoms with Crippen LogP contribution in [0.3, 0.4) is 0 Å². The summed E-state index contributed by atoms with van der Waals surface area (Å²) in [7, 11) is 0. The van der Waals surface area contributed by atoms with Crippen LogP contribution in [0.2, 0.25) is 0 Å². The van der Waals surface area contributed by atoms with Crippen LogP contribution in [0, 0.1) is 13.8 Å². The minimum Gasteiger partial charge on any atom is -0.387 e. The molecule has 2 rings (SSSR count). The molecule has 0 bridgehead atoms. The molecule has 1 aromatic heterocycles. The van der Waals surface area contributed by atoms with Gasteiger partial charge in [0, 0.05) is 6.20 Å². The van der Waals surface area contributed by atoms with Gasteiger partial charge >= 0.3 is 0 Å². The fraction of sp³-hybridized carbons (Fsp3) is 0.471. The largest absolute Gasteiger partial charge is 0.387 e. The Bertz CT molecular complexity index is 500. The monoisotopic (exact) mass is 272 g/mol. The second-order valence-corrected chi connectivity index (χ2v) is 5.48. The van der Waals surface area contributed by atoms with E-state index in [0.717, 1.165) is 31.4 Å². The highest BCUT2D eigenvalue weighted by Crippen LogP contribution is 2.19. The molecular weight excluding hydrogens is 248 g/mol. The van der Waals surface area contributed by atoms with Gasteiger partial charge in [-0.3, -0.25) is 0 Å². The Morgan fingerprint density at radius 3 is 2.55 bits per heavy atom. The average molecular weight is 272 g/mol. The number of hydrogen-bond acceptors (Lipinski definition) is 2. The minimum absolute atomic E-state index is 0.429. The lowest BCUT2D eigenvalue weighted by molar-refractivity contribution is 0.159. The molecule has 2 aromatic rings. The van der Waals surface area contributed by atoms with Gasteiger partial charge < -0.3 is 10.1 Å². The summed E-state index contributed by atoms with van der Waals surface area (Å²) in [6.07, 6.45) is 8.24. The van der Waals surface area contributed by atoms with Crippen molar-refractivity contribution in [3.05, 3.63) is 53.1 Å². The summed E-state index contributed by atoms with van der Waals surface area (Å²) in [5.41, 5.74) is 5.02. The van der Waals surface area contributed by atoms with Crippen LogP contribution in [0.4, 0.5) is 0 Å². The zero-order chi connectivity index (χ0) is 14.4. The minimum atomic E-state index is -0.429. The fourth-order valence-corrected chi connectivity index (χ4v) is 2.66. The number of nitrogens with one attached hydrogen (secondary N) is 1. The van der Waals surface area contributed by atoms with Gasteiger partial charge in [-0.05, 0) is 49.8 Å². The number of H-pyrrole nitrogens is 1. The van der Waals surface area contributed by atoms with Crippen molar-refractivity contribution in [2.45, 2.75) is 52.1 Å². The molecule has 1 unspecified atom stereocenters. The van der Waals surface area contributed by atoms with E-state index in [1.54, 1.807) is 12.5 Å². The Morgan fingerprint density at radius 2 is 1.90 bits per heavy atom. The number of aromatic nitrogens is 2. The van der Waals surface area contributed by atoms with Crippen molar-refractivity contribution >= 4 is 0 Å². The lowest BCUT2D eigenvalue weighted by atomic mass is 9.97. The quantitative estimate of drug-likeness (QED) is 0.752. The van der Waals surface area contributed by atoms with Crippen LogP contribution < -0.4 is 0 Å². The smallest absolute Gasteiger partial charge is 0.0975 e. The van der Waals surface area contributed by atoms with Crippen molar-refractivity contribution in [3.63, 3.8) is 0 Å². The molecule has 3 heteroatoms. The Morgan fingerprint density at radius 1 is 1.15 bits per heavy atom. The van der Waals surface area contributed by atoms with Gasteiger partial charge in [0.05, 0.1) is 18.1 Å². The van der Waals surface area contributed by atoms with Crippen LogP contribution in [0.1, 0.15) is 54.2 Å². The Labute approximate surface area is 121 Å². The molecule has 0 radical (unpaired) electrons. The van der Waals surface area contributed by atoms with Crippen LogP contribution in [0.15, 0.2) is 30.7 Å². The molecule has 108 valence electrons. The molecule has 0 saturated heterocycles. The number of aromatic amines is 1. The van der Waals surface area contributed by atoms with Crippen LogP contribution in [-0.4, -0.2) is 15.1 Å². The van der Waals surface area contributed by atoms with E-state index in [9.17, 15) is 5.11 Å². The first-order valence-electron chi connectivity index (χ1n) is 7.40. The summed E-state index contributed by atoms with van der Waals surface area (Å²) < 4.78 is 0. The van der Waals surface area contributed by atoms with Gasteiger partial charge in [-0.15, -0.1) is 0 Å². The molecule has 1 heterocycles. The topological polar surface area (TPSA) is 48.9 Å². The Balaban J connectivity index is 1.69. The van der Waals surface area contributed by atoms with Crippen molar-refractivity contribution in [2.75, 3.05) is 0 Å². The van der Waals surface area contributed by atoms with Gasteiger partial charge in [0.2, 0.25) is 0 Å². The summed E-state index contributed by atoms with van der Waals surface area (Å²) >= 11 is 0. The van der Waals surface area contributed by atoms with Crippen LogP contribution in [-0.2, 0) is 6.42 Å². The van der Waals surface area contributed by atoms with Crippen molar-refractivity contribution in [1.29, 1.82) is 0 Å². The molecular formula is C17H24N2O. The van der Waals surface area contributed by atoms with E-state index in [4.69, 9.17) is 0 Å². The highest BCUT2D eigenvalue weighted by atomic mass is 16.3. The predicted molar refractivity (Wildman–Crippen MR) is 81.6 cm³/mol. The zero-order valence-corrected chi connectivity index (χ0v) is 12.4. The molecule has 1 aromatic carbocycles. The third kappa shape index (κ3) is 3.94. The number of nitrogens with zero attached hydrogens (tertiary/aromatic N) is 1. The number of imidazole rings is 1. The molecule has 0 spiro atoms. The number of rotatable bonds is 7. The first-order chi connectivity index (χ1) is 9.68. The van der Waals surface area contributed by atoms with Gasteiger partial charge in [-0.25, -0.2) is 4.98 Å². The van der Waals surface area contributed by atoms with Crippen LogP contribution in [0.5, 0.6) is 0 Å². The maximum atomic E-state index is 9.93. The van der Waals surface area contributed by atoms with E-state index in [0.29, 0.717) is 0 Å². The number of benzene rings is 1. The summed E-state index contributed by atoms with van der Waals surface area (Å²) in [4.78, 5) is 6.96. The van der Waals surface area contributed by atoms with E-state index >= 15 is 0 Å². The number of aliphatic hydroxyl groups is 1. The summed E-state index contributed by atoms with van der Waals surface area (Å²) in [5.74, 6) is 0. The number of unbranched alkanes of at least 4 members (excludes halogenated alkanes) is 2. The summed E-state index contributed by atoms with van der Waals surface area (Å²) in [6, 6.07) is 6.49. The van der Waals surface area contributed by atoms with E-state index in [2.05, 4.69) is 42.0 Å². The Kier molecular flexibility index (Phi) is 5.36. The lowest BCUT2D eigenvalue weighted by Gasteiger charge is -2.10. The molecule has 0 fully saturated rings. The van der Waals surface area contributed by atoms with Gasteiger partial charge in [-0.2, -0.15) is 0 Å². The van der Waals surface area contributed by atoms with Gasteiger partial charge in [0.15, 0.2) is 0 Å². The van der Waals surface area contributed by atoms with Gasteiger partial charge in [-0.1, -0.05) is 31.0 Å². The molecule has 2 N–H and O–H groups in total. The van der Waals surface area contributed by atoms with E-state index in [-0.39, 0.29) is 0 Å². The third-order valence-electron chi connectivity index (χ3n) is 3.91. The number of hydrogen-bond donors (Lipinski definition) is 2. The molecule has 0 aliphatic carbocycles. The van der Waals surface area contributed by atoms with E-state index in [1.807, 2.05) is 0 Å². The van der Waals surface area contributed by atoms with Gasteiger partial charge in [0.1, 0.15) is 0 Å². The highest BCUT2D eigenvalue weighted by Gasteiger charge is 2.08. The summed E-state index contributed by atoms with van der Waals surface area (Å²) in [5, 5.41) is 9.93. The standard InChI is InChI=1S/C17H24N2O/c1-13-7-6-8-14(2)15(13)9-4-3-5-10-17(20)16-11-18-12-19-16/h6-8,11-12,17,20H,3-5,9-10H2,1-2H3,(H,18,19). The maximum absolute atomic E-state index is 9.93. The Hall–Kier alpha value is -1.61. The molecule has 0 amide bonds. The zero-order valence-electron chi connectivity index (χ0n) is 12.4. The first-order valence-corrected chi connectivity index (χ1v) is 7.40. The number of aliphatic hydroxyl groups excluding tert-OH is 1. The third-order valence-corrected chi connectivity index (χ3v) is 3.91.